The van der Waals surface area contributed by atoms with Crippen molar-refractivity contribution in [2.45, 2.75) is 26.2 Å². The minimum absolute atomic E-state index is 0.0665. The molecule has 1 aliphatic heterocycles. The third-order valence-corrected chi connectivity index (χ3v) is 5.55. The fraction of sp³-hybridized carbons (Fsp3) is 0.409. The molecule has 25 heavy (non-hydrogen) atoms. The van der Waals surface area contributed by atoms with E-state index in [0.717, 1.165) is 18.5 Å². The van der Waals surface area contributed by atoms with E-state index in [9.17, 15) is 9.90 Å². The lowest BCUT2D eigenvalue weighted by molar-refractivity contribution is 0.0747. The normalized spacial score (nSPS) is 21.2. The maximum Gasteiger partial charge on any atom is 0.167 e. The van der Waals surface area contributed by atoms with Gasteiger partial charge in [0.15, 0.2) is 5.78 Å². The molecule has 132 valence electrons. The number of hydrogen-bond donors (Lipinski definition) is 1. The van der Waals surface area contributed by atoms with Crippen molar-refractivity contribution in [1.29, 1.82) is 0 Å². The van der Waals surface area contributed by atoms with Crippen LogP contribution >= 0.6 is 0 Å². The Labute approximate surface area is 150 Å². The molecule has 1 fully saturated rings. The summed E-state index contributed by atoms with van der Waals surface area (Å²) in [6.07, 6.45) is 0.952. The van der Waals surface area contributed by atoms with E-state index in [0.29, 0.717) is 13.1 Å². The standard InChI is InChI=1S/C22H27NO2/c1-16-7-6-10-19(17(16)2)20-11-12-23(13-14-24)15-21(20)22(25)18-8-4-3-5-9-18/h3-10,20-21,24H,11-15H2,1-2H3/t20-,21+/m1/s1. The summed E-state index contributed by atoms with van der Waals surface area (Å²) in [7, 11) is 0. The number of aliphatic hydroxyl groups excluding tert-OH is 1. The lowest BCUT2D eigenvalue weighted by atomic mass is 9.75. The quantitative estimate of drug-likeness (QED) is 0.848. The highest BCUT2D eigenvalue weighted by molar-refractivity contribution is 5.98. The first kappa shape index (κ1) is 17.8. The fourth-order valence-corrected chi connectivity index (χ4v) is 3.99. The smallest absolute Gasteiger partial charge is 0.167 e. The molecule has 1 aliphatic rings. The van der Waals surface area contributed by atoms with Gasteiger partial charge < -0.3 is 10.0 Å². The average molecular weight is 337 g/mol. The number of rotatable bonds is 5. The predicted molar refractivity (Wildman–Crippen MR) is 101 cm³/mol. The van der Waals surface area contributed by atoms with Gasteiger partial charge in [0.05, 0.1) is 6.61 Å². The van der Waals surface area contributed by atoms with Gasteiger partial charge in [-0.15, -0.1) is 0 Å². The van der Waals surface area contributed by atoms with Crippen LogP contribution in [0.3, 0.4) is 0 Å². The Morgan fingerprint density at radius 2 is 1.88 bits per heavy atom. The van der Waals surface area contributed by atoms with Gasteiger partial charge in [0.2, 0.25) is 0 Å². The molecule has 3 rings (SSSR count). The van der Waals surface area contributed by atoms with E-state index < -0.39 is 0 Å². The van der Waals surface area contributed by atoms with Crippen molar-refractivity contribution in [2.24, 2.45) is 5.92 Å². The summed E-state index contributed by atoms with van der Waals surface area (Å²) < 4.78 is 0. The molecule has 1 saturated heterocycles. The van der Waals surface area contributed by atoms with Crippen molar-refractivity contribution in [3.63, 3.8) is 0 Å². The molecule has 0 bridgehead atoms. The van der Waals surface area contributed by atoms with Crippen LogP contribution in [0, 0.1) is 19.8 Å². The van der Waals surface area contributed by atoms with E-state index in [1.165, 1.54) is 16.7 Å². The summed E-state index contributed by atoms with van der Waals surface area (Å²) in [5.41, 5.74) is 4.67. The zero-order valence-electron chi connectivity index (χ0n) is 15.1. The Bertz CT molecular complexity index is 726. The Morgan fingerprint density at radius 3 is 2.60 bits per heavy atom. The number of piperidine rings is 1. The minimum atomic E-state index is -0.0665. The molecule has 0 unspecified atom stereocenters. The van der Waals surface area contributed by atoms with Gasteiger partial charge in [-0.05, 0) is 49.4 Å². The lowest BCUT2D eigenvalue weighted by Crippen LogP contribution is -2.44. The maximum atomic E-state index is 13.2. The molecule has 1 N–H and O–H groups in total. The van der Waals surface area contributed by atoms with Crippen LogP contribution < -0.4 is 0 Å². The number of likely N-dealkylation sites (tertiary alicyclic amines) is 1. The van der Waals surface area contributed by atoms with E-state index in [2.05, 4.69) is 36.9 Å². The zero-order chi connectivity index (χ0) is 17.8. The molecule has 0 aliphatic carbocycles. The number of nitrogens with zero attached hydrogens (tertiary/aromatic N) is 1. The van der Waals surface area contributed by atoms with E-state index in [1.54, 1.807) is 0 Å². The second kappa shape index (κ2) is 7.94. The number of carbonyl (C=O) groups excluding carboxylic acids is 1. The topological polar surface area (TPSA) is 40.5 Å². The molecular formula is C22H27NO2. The van der Waals surface area contributed by atoms with Gasteiger partial charge in [-0.25, -0.2) is 0 Å². The monoisotopic (exact) mass is 337 g/mol. The number of ketones is 1. The van der Waals surface area contributed by atoms with Gasteiger partial charge in [0.25, 0.3) is 0 Å². The molecule has 2 atom stereocenters. The molecular weight excluding hydrogens is 310 g/mol. The Kier molecular flexibility index (Phi) is 5.67. The Balaban J connectivity index is 1.95. The molecule has 1 heterocycles. The van der Waals surface area contributed by atoms with E-state index in [-0.39, 0.29) is 24.2 Å². The van der Waals surface area contributed by atoms with Crippen LogP contribution in [0.2, 0.25) is 0 Å². The number of benzene rings is 2. The van der Waals surface area contributed by atoms with Crippen LogP contribution in [0.25, 0.3) is 0 Å². The van der Waals surface area contributed by atoms with Gasteiger partial charge in [-0.3, -0.25) is 4.79 Å². The van der Waals surface area contributed by atoms with Crippen molar-refractivity contribution in [3.05, 3.63) is 70.8 Å². The second-order valence-corrected chi connectivity index (χ2v) is 7.05. The Morgan fingerprint density at radius 1 is 1.12 bits per heavy atom. The summed E-state index contributed by atoms with van der Waals surface area (Å²) in [5.74, 6) is 0.389. The molecule has 0 amide bonds. The third-order valence-electron chi connectivity index (χ3n) is 5.55. The lowest BCUT2D eigenvalue weighted by Gasteiger charge is -2.38. The van der Waals surface area contributed by atoms with Crippen molar-refractivity contribution >= 4 is 5.78 Å². The SMILES string of the molecule is Cc1cccc([C@H]2CCN(CCO)C[C@@H]2C(=O)c2ccccc2)c1C. The van der Waals surface area contributed by atoms with E-state index in [1.807, 2.05) is 30.3 Å². The zero-order valence-corrected chi connectivity index (χ0v) is 15.1. The summed E-state index contributed by atoms with van der Waals surface area (Å²) in [6, 6.07) is 16.0. The minimum Gasteiger partial charge on any atom is -0.395 e. The molecule has 2 aromatic rings. The largest absolute Gasteiger partial charge is 0.395 e. The second-order valence-electron chi connectivity index (χ2n) is 7.05. The number of aliphatic hydroxyl groups is 1. The first-order valence-corrected chi connectivity index (χ1v) is 9.10. The van der Waals surface area contributed by atoms with Crippen LogP contribution in [-0.2, 0) is 0 Å². The summed E-state index contributed by atoms with van der Waals surface area (Å²) in [4.78, 5) is 15.5. The van der Waals surface area contributed by atoms with Crippen molar-refractivity contribution in [2.75, 3.05) is 26.2 Å². The van der Waals surface area contributed by atoms with Crippen LogP contribution in [-0.4, -0.2) is 42.0 Å². The fourth-order valence-electron chi connectivity index (χ4n) is 3.99. The van der Waals surface area contributed by atoms with Gasteiger partial charge in [0, 0.05) is 24.6 Å². The number of hydrogen-bond acceptors (Lipinski definition) is 3. The van der Waals surface area contributed by atoms with E-state index in [4.69, 9.17) is 0 Å². The molecule has 3 heteroatoms. The first-order chi connectivity index (χ1) is 12.1. The van der Waals surface area contributed by atoms with Gasteiger partial charge in [-0.1, -0.05) is 48.5 Å². The first-order valence-electron chi connectivity index (χ1n) is 9.10. The van der Waals surface area contributed by atoms with E-state index >= 15 is 0 Å². The summed E-state index contributed by atoms with van der Waals surface area (Å²) >= 11 is 0. The highest BCUT2D eigenvalue weighted by Crippen LogP contribution is 2.37. The van der Waals surface area contributed by atoms with Crippen LogP contribution in [0.1, 0.15) is 39.4 Å². The molecule has 2 aromatic carbocycles. The average Bonchev–Trinajstić information content (AvgIpc) is 2.64. The molecule has 3 nitrogen and oxygen atoms in total. The maximum absolute atomic E-state index is 13.2. The van der Waals surface area contributed by atoms with Gasteiger partial charge >= 0.3 is 0 Å². The number of Topliss-reactive ketones (excluding diaryl/α,β-unsaturated/α-hetero) is 1. The van der Waals surface area contributed by atoms with Gasteiger partial charge in [0.1, 0.15) is 0 Å². The van der Waals surface area contributed by atoms with Crippen molar-refractivity contribution < 1.29 is 9.90 Å². The van der Waals surface area contributed by atoms with Gasteiger partial charge in [-0.2, -0.15) is 0 Å². The summed E-state index contributed by atoms with van der Waals surface area (Å²) in [5, 5.41) is 9.30. The van der Waals surface area contributed by atoms with Crippen molar-refractivity contribution in [1.82, 2.24) is 4.90 Å². The molecule has 0 aromatic heterocycles. The highest BCUT2D eigenvalue weighted by atomic mass is 16.3. The number of carbonyl (C=O) groups is 1. The molecule has 0 spiro atoms. The third kappa shape index (κ3) is 3.83. The number of aryl methyl sites for hydroxylation is 1. The van der Waals surface area contributed by atoms with Crippen molar-refractivity contribution in [3.8, 4) is 0 Å². The predicted octanol–water partition coefficient (Wildman–Crippen LogP) is 3.58. The number of β-amino-alcohol motifs (C(OH)–C–C–N with tert-alkyl or cyclic N) is 1. The van der Waals surface area contributed by atoms with Crippen LogP contribution in [0.4, 0.5) is 0 Å². The Hall–Kier alpha value is -1.97. The molecule has 0 saturated carbocycles. The van der Waals surface area contributed by atoms with Crippen LogP contribution in [0.5, 0.6) is 0 Å². The van der Waals surface area contributed by atoms with Crippen LogP contribution in [0.15, 0.2) is 48.5 Å². The molecule has 0 radical (unpaired) electrons. The highest BCUT2D eigenvalue weighted by Gasteiger charge is 2.36. The summed E-state index contributed by atoms with van der Waals surface area (Å²) in [6.45, 7) is 6.71.